The fourth-order valence-corrected chi connectivity index (χ4v) is 2.72. The van der Waals surface area contributed by atoms with Crippen LogP contribution in [-0.2, 0) is 4.79 Å². The van der Waals surface area contributed by atoms with Gasteiger partial charge in [-0.3, -0.25) is 9.20 Å². The van der Waals surface area contributed by atoms with Crippen molar-refractivity contribution in [1.82, 2.24) is 14.4 Å². The summed E-state index contributed by atoms with van der Waals surface area (Å²) in [6, 6.07) is 15.5. The number of imidazole rings is 1. The molecule has 25 heavy (non-hydrogen) atoms. The molecule has 0 bridgehead atoms. The molecular formula is C19H17N5O. The van der Waals surface area contributed by atoms with E-state index in [1.54, 1.807) is 12.5 Å². The maximum atomic E-state index is 11.5. The van der Waals surface area contributed by atoms with Gasteiger partial charge in [-0.2, -0.15) is 0 Å². The molecule has 2 heterocycles. The number of fused-ring (bicyclic) bond motifs is 3. The van der Waals surface area contributed by atoms with Crippen molar-refractivity contribution in [2.45, 2.75) is 13.3 Å². The molecule has 6 nitrogen and oxygen atoms in total. The first kappa shape index (κ1) is 15.1. The molecule has 0 saturated carbocycles. The van der Waals surface area contributed by atoms with Crippen LogP contribution in [0.5, 0.6) is 0 Å². The van der Waals surface area contributed by atoms with Gasteiger partial charge in [-0.15, -0.1) is 0 Å². The van der Waals surface area contributed by atoms with Gasteiger partial charge < -0.3 is 10.6 Å². The maximum Gasteiger partial charge on any atom is 0.224 e. The van der Waals surface area contributed by atoms with Gasteiger partial charge in [-0.05, 0) is 36.4 Å². The average Bonchev–Trinajstić information content (AvgIpc) is 3.14. The first-order valence-electron chi connectivity index (χ1n) is 8.12. The molecule has 1 amide bonds. The Labute approximate surface area is 144 Å². The van der Waals surface area contributed by atoms with E-state index in [1.807, 2.05) is 59.9 Å². The van der Waals surface area contributed by atoms with Crippen molar-refractivity contribution in [3.05, 3.63) is 61.1 Å². The van der Waals surface area contributed by atoms with Crippen molar-refractivity contribution in [1.29, 1.82) is 0 Å². The Kier molecular flexibility index (Phi) is 3.78. The minimum absolute atomic E-state index is 0.00197. The Balaban J connectivity index is 1.68. The Morgan fingerprint density at radius 3 is 2.60 bits per heavy atom. The van der Waals surface area contributed by atoms with Crippen molar-refractivity contribution in [2.24, 2.45) is 0 Å². The number of amides is 1. The summed E-state index contributed by atoms with van der Waals surface area (Å²) < 4.78 is 2.01. The highest BCUT2D eigenvalue weighted by Crippen LogP contribution is 2.25. The van der Waals surface area contributed by atoms with Crippen LogP contribution in [0.25, 0.3) is 16.6 Å². The number of hydrogen-bond acceptors (Lipinski definition) is 4. The van der Waals surface area contributed by atoms with E-state index in [-0.39, 0.29) is 5.91 Å². The van der Waals surface area contributed by atoms with Crippen molar-refractivity contribution in [2.75, 3.05) is 10.6 Å². The third-order valence-corrected chi connectivity index (χ3v) is 4.01. The lowest BCUT2D eigenvalue weighted by Crippen LogP contribution is -2.09. The molecule has 124 valence electrons. The van der Waals surface area contributed by atoms with Gasteiger partial charge in [0.2, 0.25) is 5.91 Å². The molecule has 2 N–H and O–H groups in total. The van der Waals surface area contributed by atoms with Crippen LogP contribution in [0.2, 0.25) is 0 Å². The number of carbonyl (C=O) groups excluding carboxylic acids is 1. The number of aromatic nitrogens is 3. The fraction of sp³-hybridized carbons (Fsp3) is 0.105. The first-order chi connectivity index (χ1) is 12.2. The summed E-state index contributed by atoms with van der Waals surface area (Å²) in [4.78, 5) is 20.4. The second-order valence-electron chi connectivity index (χ2n) is 5.70. The molecule has 0 atom stereocenters. The van der Waals surface area contributed by atoms with Crippen LogP contribution in [0.1, 0.15) is 13.3 Å². The van der Waals surface area contributed by atoms with E-state index in [2.05, 4.69) is 15.6 Å². The number of hydrogen-bond donors (Lipinski definition) is 2. The number of nitrogens with one attached hydrogen (secondary N) is 2. The van der Waals surface area contributed by atoms with Gasteiger partial charge in [0.25, 0.3) is 0 Å². The van der Waals surface area contributed by atoms with Crippen LogP contribution in [0.3, 0.4) is 0 Å². The topological polar surface area (TPSA) is 71.3 Å². The molecule has 2 aromatic heterocycles. The number of rotatable bonds is 4. The van der Waals surface area contributed by atoms with Gasteiger partial charge in [-0.1, -0.05) is 19.1 Å². The lowest BCUT2D eigenvalue weighted by atomic mass is 10.2. The highest BCUT2D eigenvalue weighted by molar-refractivity contribution is 5.91. The van der Waals surface area contributed by atoms with Gasteiger partial charge in [0.15, 0.2) is 5.82 Å². The van der Waals surface area contributed by atoms with E-state index >= 15 is 0 Å². The maximum absolute atomic E-state index is 11.5. The van der Waals surface area contributed by atoms with Crippen LogP contribution < -0.4 is 10.6 Å². The van der Waals surface area contributed by atoms with Gasteiger partial charge >= 0.3 is 0 Å². The fourth-order valence-electron chi connectivity index (χ4n) is 2.72. The lowest BCUT2D eigenvalue weighted by molar-refractivity contribution is -0.115. The highest BCUT2D eigenvalue weighted by Gasteiger charge is 2.09. The summed E-state index contributed by atoms with van der Waals surface area (Å²) in [6.45, 7) is 1.83. The molecule has 0 aliphatic rings. The molecule has 2 aromatic carbocycles. The zero-order valence-corrected chi connectivity index (χ0v) is 13.7. The van der Waals surface area contributed by atoms with Crippen LogP contribution in [-0.4, -0.2) is 20.3 Å². The van der Waals surface area contributed by atoms with Gasteiger partial charge in [0.05, 0.1) is 23.6 Å². The standard InChI is InChI=1S/C19H17N5O/c1-2-18(25)21-13-7-9-14(10-8-13)22-19-17-11-20-12-24(17)16-6-4-3-5-15(16)23-19/h3-12H,2H2,1H3,(H,21,25)(H,22,23). The predicted octanol–water partition coefficient (Wildman–Crippen LogP) is 3.97. The summed E-state index contributed by atoms with van der Waals surface area (Å²) >= 11 is 0. The Morgan fingerprint density at radius 2 is 1.80 bits per heavy atom. The molecule has 0 fully saturated rings. The molecular weight excluding hydrogens is 314 g/mol. The third kappa shape index (κ3) is 2.89. The highest BCUT2D eigenvalue weighted by atomic mass is 16.1. The molecule has 4 rings (SSSR count). The number of nitrogens with zero attached hydrogens (tertiary/aromatic N) is 3. The number of anilines is 3. The van der Waals surface area contributed by atoms with Crippen LogP contribution >= 0.6 is 0 Å². The van der Waals surface area contributed by atoms with Crippen LogP contribution in [0.4, 0.5) is 17.2 Å². The summed E-state index contributed by atoms with van der Waals surface area (Å²) in [5, 5.41) is 6.17. The SMILES string of the molecule is CCC(=O)Nc1ccc(Nc2nc3ccccc3n3cncc23)cc1. The zero-order valence-electron chi connectivity index (χ0n) is 13.7. The van der Waals surface area contributed by atoms with E-state index in [1.165, 1.54) is 0 Å². The van der Waals surface area contributed by atoms with Crippen molar-refractivity contribution in [3.8, 4) is 0 Å². The number of benzene rings is 2. The molecule has 0 aliphatic heterocycles. The van der Waals surface area contributed by atoms with E-state index < -0.39 is 0 Å². The van der Waals surface area contributed by atoms with E-state index in [0.717, 1.165) is 33.7 Å². The normalized spacial score (nSPS) is 10.9. The number of carbonyl (C=O) groups is 1. The Morgan fingerprint density at radius 1 is 1.04 bits per heavy atom. The molecule has 0 aliphatic carbocycles. The minimum Gasteiger partial charge on any atom is -0.338 e. The molecule has 0 spiro atoms. The Hall–Kier alpha value is -3.41. The summed E-state index contributed by atoms with van der Waals surface area (Å²) in [6.07, 6.45) is 4.03. The molecule has 0 saturated heterocycles. The monoisotopic (exact) mass is 331 g/mol. The zero-order chi connectivity index (χ0) is 17.2. The largest absolute Gasteiger partial charge is 0.338 e. The van der Waals surface area contributed by atoms with Crippen LogP contribution in [0, 0.1) is 0 Å². The summed E-state index contributed by atoms with van der Waals surface area (Å²) in [7, 11) is 0. The van der Waals surface area contributed by atoms with E-state index in [9.17, 15) is 4.79 Å². The molecule has 4 aromatic rings. The van der Waals surface area contributed by atoms with E-state index in [4.69, 9.17) is 4.98 Å². The smallest absolute Gasteiger partial charge is 0.224 e. The van der Waals surface area contributed by atoms with Gasteiger partial charge in [-0.25, -0.2) is 9.97 Å². The summed E-state index contributed by atoms with van der Waals surface area (Å²) in [5.74, 6) is 0.736. The lowest BCUT2D eigenvalue weighted by Gasteiger charge is -2.11. The first-order valence-corrected chi connectivity index (χ1v) is 8.12. The average molecular weight is 331 g/mol. The van der Waals surface area contributed by atoms with Crippen molar-refractivity contribution >= 4 is 39.6 Å². The predicted molar refractivity (Wildman–Crippen MR) is 99.1 cm³/mol. The molecule has 0 unspecified atom stereocenters. The molecule has 0 radical (unpaired) electrons. The quantitative estimate of drug-likeness (QED) is 0.593. The van der Waals surface area contributed by atoms with Crippen LogP contribution in [0.15, 0.2) is 61.1 Å². The molecule has 6 heteroatoms. The van der Waals surface area contributed by atoms with Crippen molar-refractivity contribution in [3.63, 3.8) is 0 Å². The van der Waals surface area contributed by atoms with E-state index in [0.29, 0.717) is 6.42 Å². The second kappa shape index (κ2) is 6.24. The summed E-state index contributed by atoms with van der Waals surface area (Å²) in [5.41, 5.74) is 4.47. The Bertz CT molecular complexity index is 1050. The van der Waals surface area contributed by atoms with Crippen molar-refractivity contribution < 1.29 is 4.79 Å². The third-order valence-electron chi connectivity index (χ3n) is 4.01. The van der Waals surface area contributed by atoms with Gasteiger partial charge in [0.1, 0.15) is 5.52 Å². The minimum atomic E-state index is -0.00197. The second-order valence-corrected chi connectivity index (χ2v) is 5.70. The van der Waals surface area contributed by atoms with Gasteiger partial charge in [0, 0.05) is 17.8 Å². The number of para-hydroxylation sites is 2.